The maximum Gasteiger partial charge on any atom is 0.417 e. The molecule has 0 saturated carbocycles. The molecule has 160 valence electrons. The van der Waals surface area contributed by atoms with Gasteiger partial charge in [0, 0.05) is 6.20 Å². The summed E-state index contributed by atoms with van der Waals surface area (Å²) in [5.41, 5.74) is 1.03. The Morgan fingerprint density at radius 3 is 2.71 bits per heavy atom. The zero-order valence-corrected chi connectivity index (χ0v) is 17.6. The van der Waals surface area contributed by atoms with Crippen LogP contribution in [0.3, 0.4) is 0 Å². The average molecular weight is 420 g/mol. The summed E-state index contributed by atoms with van der Waals surface area (Å²) >= 11 is 0. The van der Waals surface area contributed by atoms with Crippen molar-refractivity contribution in [2.24, 2.45) is 0 Å². The fourth-order valence-corrected chi connectivity index (χ4v) is 3.29. The summed E-state index contributed by atoms with van der Waals surface area (Å²) in [5.74, 6) is 2.63. The number of aryl methyl sites for hydroxylation is 1. The number of amides is 1. The van der Waals surface area contributed by atoms with Gasteiger partial charge in [0.2, 0.25) is 11.9 Å². The first kappa shape index (κ1) is 20.5. The van der Waals surface area contributed by atoms with E-state index in [9.17, 15) is 4.79 Å². The van der Waals surface area contributed by atoms with E-state index in [4.69, 9.17) is 9.47 Å². The molecule has 1 N–H and O–H groups in total. The molecule has 9 nitrogen and oxygen atoms in total. The lowest BCUT2D eigenvalue weighted by atomic mass is 10.1. The zero-order chi connectivity index (χ0) is 21.8. The van der Waals surface area contributed by atoms with Crippen molar-refractivity contribution in [3.63, 3.8) is 0 Å². The Kier molecular flexibility index (Phi) is 5.92. The highest BCUT2D eigenvalue weighted by Gasteiger charge is 2.35. The van der Waals surface area contributed by atoms with Crippen molar-refractivity contribution in [2.75, 3.05) is 16.8 Å². The number of pyridine rings is 1. The molecule has 3 heterocycles. The van der Waals surface area contributed by atoms with Crippen molar-refractivity contribution in [1.29, 1.82) is 0 Å². The predicted octanol–water partition coefficient (Wildman–Crippen LogP) is 4.28. The molecular formula is C22H24N6O3. The minimum absolute atomic E-state index is 0.0745. The van der Waals surface area contributed by atoms with Crippen molar-refractivity contribution in [3.05, 3.63) is 60.2 Å². The maximum atomic E-state index is 12.1. The number of benzene rings is 1. The van der Waals surface area contributed by atoms with Crippen LogP contribution in [0.1, 0.15) is 37.7 Å². The predicted molar refractivity (Wildman–Crippen MR) is 115 cm³/mol. The molecule has 0 bridgehead atoms. The zero-order valence-electron chi connectivity index (χ0n) is 17.6. The molecule has 0 aliphatic carbocycles. The van der Waals surface area contributed by atoms with Gasteiger partial charge >= 0.3 is 6.09 Å². The normalized spacial score (nSPS) is 16.7. The SMILES string of the molecule is CC[C@H]1COC(=O)N1c1nc(C)nc(NC(C)c2ccc(Oc3cccnc3)cc2)n1. The quantitative estimate of drug-likeness (QED) is 0.604. The summed E-state index contributed by atoms with van der Waals surface area (Å²) in [7, 11) is 0. The number of nitrogens with zero attached hydrogens (tertiary/aromatic N) is 5. The first-order valence-electron chi connectivity index (χ1n) is 10.2. The fraction of sp³-hybridized carbons (Fsp3) is 0.318. The summed E-state index contributed by atoms with van der Waals surface area (Å²) in [6, 6.07) is 11.3. The van der Waals surface area contributed by atoms with Gasteiger partial charge in [-0.05, 0) is 50.1 Å². The van der Waals surface area contributed by atoms with E-state index in [0.717, 1.165) is 17.7 Å². The van der Waals surface area contributed by atoms with Crippen LogP contribution in [0.15, 0.2) is 48.8 Å². The van der Waals surface area contributed by atoms with Crippen LogP contribution in [0, 0.1) is 6.92 Å². The van der Waals surface area contributed by atoms with Crippen LogP contribution in [0.5, 0.6) is 11.5 Å². The highest BCUT2D eigenvalue weighted by atomic mass is 16.6. The van der Waals surface area contributed by atoms with Gasteiger partial charge in [-0.25, -0.2) is 9.69 Å². The van der Waals surface area contributed by atoms with Gasteiger partial charge in [-0.3, -0.25) is 4.98 Å². The van der Waals surface area contributed by atoms with E-state index < -0.39 is 6.09 Å². The molecule has 4 rings (SSSR count). The number of hydrogen-bond acceptors (Lipinski definition) is 8. The van der Waals surface area contributed by atoms with Crippen molar-refractivity contribution in [1.82, 2.24) is 19.9 Å². The highest BCUT2D eigenvalue weighted by molar-refractivity contribution is 5.88. The number of rotatable bonds is 7. The van der Waals surface area contributed by atoms with Gasteiger partial charge < -0.3 is 14.8 Å². The summed E-state index contributed by atoms with van der Waals surface area (Å²) in [5, 5.41) is 3.29. The first-order valence-corrected chi connectivity index (χ1v) is 10.2. The van der Waals surface area contributed by atoms with Crippen molar-refractivity contribution in [2.45, 2.75) is 39.3 Å². The van der Waals surface area contributed by atoms with E-state index in [1.165, 1.54) is 4.90 Å². The molecule has 0 radical (unpaired) electrons. The van der Waals surface area contributed by atoms with Crippen LogP contribution in [-0.4, -0.2) is 38.7 Å². The number of nitrogens with one attached hydrogen (secondary N) is 1. The molecule has 2 aromatic heterocycles. The standard InChI is InChI=1S/C22H24N6O3/c1-4-17-13-30-22(29)28(17)21-26-15(3)25-20(27-21)24-14(2)16-7-9-18(10-8-16)31-19-6-5-11-23-12-19/h5-12,14,17H,4,13H2,1-3H3,(H,24,25,26,27)/t14?,17-/m0/s1. The molecule has 1 aliphatic heterocycles. The Hall–Kier alpha value is -3.75. The monoisotopic (exact) mass is 420 g/mol. The Morgan fingerprint density at radius 2 is 2.00 bits per heavy atom. The lowest BCUT2D eigenvalue weighted by Crippen LogP contribution is -2.34. The van der Waals surface area contributed by atoms with E-state index in [2.05, 4.69) is 25.3 Å². The highest BCUT2D eigenvalue weighted by Crippen LogP contribution is 2.26. The minimum Gasteiger partial charge on any atom is -0.456 e. The van der Waals surface area contributed by atoms with E-state index in [0.29, 0.717) is 30.1 Å². The first-order chi connectivity index (χ1) is 15.0. The molecule has 3 aromatic rings. The van der Waals surface area contributed by atoms with Crippen LogP contribution >= 0.6 is 0 Å². The van der Waals surface area contributed by atoms with Crippen LogP contribution in [0.2, 0.25) is 0 Å². The van der Waals surface area contributed by atoms with Crippen LogP contribution < -0.4 is 15.0 Å². The number of anilines is 2. The van der Waals surface area contributed by atoms with Gasteiger partial charge in [-0.1, -0.05) is 19.1 Å². The smallest absolute Gasteiger partial charge is 0.417 e. The third-order valence-corrected chi connectivity index (χ3v) is 4.98. The topological polar surface area (TPSA) is 102 Å². The molecule has 1 unspecified atom stereocenters. The number of carbonyl (C=O) groups excluding carboxylic acids is 1. The third-order valence-electron chi connectivity index (χ3n) is 4.98. The lowest BCUT2D eigenvalue weighted by Gasteiger charge is -2.20. The third kappa shape index (κ3) is 4.71. The van der Waals surface area contributed by atoms with Crippen molar-refractivity contribution < 1.29 is 14.3 Å². The number of cyclic esters (lactones) is 1. The maximum absolute atomic E-state index is 12.1. The van der Waals surface area contributed by atoms with Gasteiger partial charge in [-0.15, -0.1) is 0 Å². The van der Waals surface area contributed by atoms with Crippen molar-refractivity contribution in [3.8, 4) is 11.5 Å². The second-order valence-corrected chi connectivity index (χ2v) is 7.24. The van der Waals surface area contributed by atoms with E-state index in [1.807, 2.05) is 50.2 Å². The summed E-state index contributed by atoms with van der Waals surface area (Å²) in [4.78, 5) is 30.9. The summed E-state index contributed by atoms with van der Waals surface area (Å²) in [6.07, 6.45) is 3.69. The minimum atomic E-state index is -0.430. The van der Waals surface area contributed by atoms with Gasteiger partial charge in [0.25, 0.3) is 0 Å². The van der Waals surface area contributed by atoms with Crippen LogP contribution in [-0.2, 0) is 4.74 Å². The molecule has 0 spiro atoms. The van der Waals surface area contributed by atoms with Gasteiger partial charge in [0.1, 0.15) is 23.9 Å². The molecule has 2 atom stereocenters. The molecule has 1 amide bonds. The molecule has 1 fully saturated rings. The second kappa shape index (κ2) is 8.95. The molecule has 1 aromatic carbocycles. The van der Waals surface area contributed by atoms with Crippen LogP contribution in [0.4, 0.5) is 16.7 Å². The molecule has 1 saturated heterocycles. The molecule has 1 aliphatic rings. The van der Waals surface area contributed by atoms with E-state index in [-0.39, 0.29) is 12.1 Å². The number of aromatic nitrogens is 4. The fourth-order valence-electron chi connectivity index (χ4n) is 3.29. The molecule has 9 heteroatoms. The average Bonchev–Trinajstić information content (AvgIpc) is 3.15. The van der Waals surface area contributed by atoms with E-state index in [1.54, 1.807) is 19.3 Å². The Morgan fingerprint density at radius 1 is 1.19 bits per heavy atom. The Bertz CT molecular complexity index is 1040. The second-order valence-electron chi connectivity index (χ2n) is 7.24. The van der Waals surface area contributed by atoms with E-state index >= 15 is 0 Å². The van der Waals surface area contributed by atoms with Gasteiger partial charge in [0.05, 0.1) is 18.3 Å². The summed E-state index contributed by atoms with van der Waals surface area (Å²) < 4.78 is 10.9. The number of ether oxygens (including phenoxy) is 2. The van der Waals surface area contributed by atoms with Crippen molar-refractivity contribution >= 4 is 18.0 Å². The number of hydrogen-bond donors (Lipinski definition) is 1. The van der Waals surface area contributed by atoms with Crippen LogP contribution in [0.25, 0.3) is 0 Å². The summed E-state index contributed by atoms with van der Waals surface area (Å²) in [6.45, 7) is 6.12. The Labute approximate surface area is 180 Å². The Balaban J connectivity index is 1.47. The van der Waals surface area contributed by atoms with Gasteiger partial charge in [-0.2, -0.15) is 15.0 Å². The number of carbonyl (C=O) groups is 1. The lowest BCUT2D eigenvalue weighted by molar-refractivity contribution is 0.178. The largest absolute Gasteiger partial charge is 0.456 e. The molecule has 31 heavy (non-hydrogen) atoms. The molecular weight excluding hydrogens is 396 g/mol. The van der Waals surface area contributed by atoms with Gasteiger partial charge in [0.15, 0.2) is 0 Å².